The zero-order chi connectivity index (χ0) is 25.8. The second-order valence-corrected chi connectivity index (χ2v) is 16.0. The molecule has 0 N–H and O–H groups in total. The number of methoxy groups -OCH3 is 2. The largest absolute Gasteiger partial charge is 0.498 e. The molecule has 1 aliphatic rings. The Hall–Kier alpha value is -1.38. The smallest absolute Gasteiger partial charge is 0.468 e. The first-order valence-electron chi connectivity index (χ1n) is 11.5. The summed E-state index contributed by atoms with van der Waals surface area (Å²) in [6, 6.07) is 0. The van der Waals surface area contributed by atoms with E-state index in [9.17, 15) is 9.59 Å². The van der Waals surface area contributed by atoms with Gasteiger partial charge in [0.15, 0.2) is 14.2 Å². The van der Waals surface area contributed by atoms with Crippen LogP contribution >= 0.6 is 0 Å². The third kappa shape index (κ3) is 7.56. The van der Waals surface area contributed by atoms with Crippen molar-refractivity contribution in [3.05, 3.63) is 16.8 Å². The molecule has 0 unspecified atom stereocenters. The lowest BCUT2D eigenvalue weighted by molar-refractivity contribution is -0.158. The molecule has 0 aliphatic carbocycles. The Morgan fingerprint density at radius 1 is 1.00 bits per heavy atom. The Kier molecular flexibility index (Phi) is 9.81. The van der Waals surface area contributed by atoms with E-state index in [0.717, 1.165) is 5.47 Å². The second-order valence-electron chi connectivity index (χ2n) is 11.2. The van der Waals surface area contributed by atoms with Gasteiger partial charge in [-0.25, -0.2) is 0 Å². The van der Waals surface area contributed by atoms with Crippen molar-refractivity contribution in [1.82, 2.24) is 0 Å². The predicted octanol–water partition coefficient (Wildman–Crippen LogP) is 4.85. The molecule has 0 bridgehead atoms. The molecular formula is C24H43BO7Si. The highest BCUT2D eigenvalue weighted by Gasteiger charge is 2.52. The summed E-state index contributed by atoms with van der Waals surface area (Å²) in [7, 11) is -0.0181. The van der Waals surface area contributed by atoms with Gasteiger partial charge in [0.2, 0.25) is 0 Å². The van der Waals surface area contributed by atoms with Crippen LogP contribution in [0.5, 0.6) is 0 Å². The number of hydrogen-bond acceptors (Lipinski definition) is 7. The summed E-state index contributed by atoms with van der Waals surface area (Å²) in [6.45, 7) is 21.3. The lowest BCUT2D eigenvalue weighted by Gasteiger charge is -2.36. The Morgan fingerprint density at radius 3 is 1.85 bits per heavy atom. The maximum absolute atomic E-state index is 12.1. The van der Waals surface area contributed by atoms with Crippen LogP contribution in [0.15, 0.2) is 16.8 Å². The van der Waals surface area contributed by atoms with Crippen LogP contribution in [0.1, 0.15) is 68.2 Å². The maximum atomic E-state index is 12.1. The molecule has 1 aliphatic heterocycles. The molecule has 7 nitrogen and oxygen atoms in total. The summed E-state index contributed by atoms with van der Waals surface area (Å²) in [4.78, 5) is 24.2. The molecular weight excluding hydrogens is 439 g/mol. The first kappa shape index (κ1) is 29.7. The van der Waals surface area contributed by atoms with Crippen molar-refractivity contribution in [3.63, 3.8) is 0 Å². The summed E-state index contributed by atoms with van der Waals surface area (Å²) >= 11 is 0. The highest BCUT2D eigenvalue weighted by molar-refractivity contribution is 6.74. The number of carbonyl (C=O) groups excluding carboxylic acids is 2. The molecule has 0 atom stereocenters. The minimum Gasteiger partial charge on any atom is -0.468 e. The van der Waals surface area contributed by atoms with E-state index >= 15 is 0 Å². The Labute approximate surface area is 201 Å². The Morgan fingerprint density at radius 2 is 1.45 bits per heavy atom. The van der Waals surface area contributed by atoms with E-state index in [4.69, 9.17) is 23.2 Å². The number of rotatable bonds is 9. The van der Waals surface area contributed by atoms with Crippen LogP contribution in [0.25, 0.3) is 0 Å². The minimum atomic E-state index is -1.93. The highest BCUT2D eigenvalue weighted by Crippen LogP contribution is 2.40. The summed E-state index contributed by atoms with van der Waals surface area (Å²) < 4.78 is 28.4. The molecule has 0 aromatic carbocycles. The molecule has 0 aromatic heterocycles. The van der Waals surface area contributed by atoms with Gasteiger partial charge < -0.3 is 23.2 Å². The molecule has 188 valence electrons. The molecule has 0 radical (unpaired) electrons. The molecule has 0 amide bonds. The first-order chi connectivity index (χ1) is 14.9. The average Bonchev–Trinajstić information content (AvgIpc) is 2.90. The zero-order valence-electron chi connectivity index (χ0n) is 22.6. The normalized spacial score (nSPS) is 17.5. The van der Waals surface area contributed by atoms with Crippen molar-refractivity contribution in [3.8, 4) is 0 Å². The van der Waals surface area contributed by atoms with Crippen molar-refractivity contribution in [2.45, 2.75) is 97.6 Å². The van der Waals surface area contributed by atoms with E-state index in [1.54, 1.807) is 0 Å². The van der Waals surface area contributed by atoms with E-state index in [0.29, 0.717) is 18.6 Å². The van der Waals surface area contributed by atoms with Crippen LogP contribution in [0.2, 0.25) is 18.1 Å². The second kappa shape index (κ2) is 10.9. The van der Waals surface area contributed by atoms with Crippen molar-refractivity contribution in [2.75, 3.05) is 20.8 Å². The van der Waals surface area contributed by atoms with Crippen LogP contribution in [0, 0.1) is 5.92 Å². The SMILES string of the molecule is COC(=O)C(CC(C)=C=C(CCO[Si](C)(C)C(C)(C)C)B1OC(C)(C)C(C)(C)O1)C(=O)OC. The van der Waals surface area contributed by atoms with E-state index < -0.39 is 44.5 Å². The minimum absolute atomic E-state index is 0.0984. The molecule has 0 spiro atoms. The molecule has 1 fully saturated rings. The van der Waals surface area contributed by atoms with Gasteiger partial charge in [-0.2, -0.15) is 0 Å². The van der Waals surface area contributed by atoms with Crippen molar-refractivity contribution in [2.24, 2.45) is 5.92 Å². The fraction of sp³-hybridized carbons (Fsp3) is 0.792. The van der Waals surface area contributed by atoms with Crippen molar-refractivity contribution in [1.29, 1.82) is 0 Å². The van der Waals surface area contributed by atoms with Crippen LogP contribution < -0.4 is 0 Å². The molecule has 0 saturated carbocycles. The van der Waals surface area contributed by atoms with Gasteiger partial charge in [0.1, 0.15) is 0 Å². The summed E-state index contributed by atoms with van der Waals surface area (Å²) in [6.07, 6.45) is 0.688. The zero-order valence-corrected chi connectivity index (χ0v) is 23.6. The standard InChI is InChI=1S/C24H43BO7Si/c1-17(16-19(20(26)28-9)21(27)29-10)15-18(13-14-30-33(11,12)22(2,3)4)25-31-23(5,6)24(7,8)32-25/h19H,13-14,16H2,1-12H3. The van der Waals surface area contributed by atoms with E-state index in [1.165, 1.54) is 14.2 Å². The van der Waals surface area contributed by atoms with Gasteiger partial charge in [-0.3, -0.25) is 9.59 Å². The molecule has 9 heteroatoms. The quantitative estimate of drug-likeness (QED) is 0.201. The highest BCUT2D eigenvalue weighted by atomic mass is 28.4. The topological polar surface area (TPSA) is 80.3 Å². The fourth-order valence-corrected chi connectivity index (χ4v) is 4.08. The Bertz CT molecular complexity index is 757. The van der Waals surface area contributed by atoms with Crippen LogP contribution in [0.3, 0.4) is 0 Å². The molecule has 33 heavy (non-hydrogen) atoms. The van der Waals surface area contributed by atoms with Crippen molar-refractivity contribution >= 4 is 27.4 Å². The molecule has 1 heterocycles. The fourth-order valence-electron chi connectivity index (χ4n) is 3.04. The molecule has 1 rings (SSSR count). The first-order valence-corrected chi connectivity index (χ1v) is 14.4. The molecule has 0 aromatic rings. The summed E-state index contributed by atoms with van der Waals surface area (Å²) in [5.74, 6) is -2.32. The monoisotopic (exact) mass is 482 g/mol. The number of carbonyl (C=O) groups is 2. The lowest BCUT2D eigenvalue weighted by Crippen LogP contribution is -2.41. The molecule has 1 saturated heterocycles. The predicted molar refractivity (Wildman–Crippen MR) is 132 cm³/mol. The maximum Gasteiger partial charge on any atom is 0.498 e. The number of esters is 2. The third-order valence-electron chi connectivity index (χ3n) is 7.03. The van der Waals surface area contributed by atoms with Crippen LogP contribution in [0.4, 0.5) is 0 Å². The van der Waals surface area contributed by atoms with Gasteiger partial charge >= 0.3 is 19.1 Å². The van der Waals surface area contributed by atoms with Gasteiger partial charge in [0, 0.05) is 12.1 Å². The summed E-state index contributed by atoms with van der Waals surface area (Å²) in [5, 5.41) is 0.0984. The Balaban J connectivity index is 3.26. The van der Waals surface area contributed by atoms with Gasteiger partial charge in [-0.15, -0.1) is 5.73 Å². The van der Waals surface area contributed by atoms with E-state index in [2.05, 4.69) is 39.6 Å². The van der Waals surface area contributed by atoms with Crippen molar-refractivity contribution < 1.29 is 32.8 Å². The van der Waals surface area contributed by atoms with Gasteiger partial charge in [0.25, 0.3) is 0 Å². The van der Waals surface area contributed by atoms with Gasteiger partial charge in [-0.05, 0) is 71.2 Å². The van der Waals surface area contributed by atoms with Gasteiger partial charge in [-0.1, -0.05) is 20.8 Å². The number of hydrogen-bond donors (Lipinski definition) is 0. The lowest BCUT2D eigenvalue weighted by atomic mass is 9.76. The van der Waals surface area contributed by atoms with Crippen LogP contribution in [-0.4, -0.2) is 59.4 Å². The van der Waals surface area contributed by atoms with E-state index in [-0.39, 0.29) is 11.5 Å². The number of ether oxygens (including phenoxy) is 2. The van der Waals surface area contributed by atoms with Crippen LogP contribution in [-0.2, 0) is 32.8 Å². The summed E-state index contributed by atoms with van der Waals surface area (Å²) in [5.41, 5.74) is 3.84. The van der Waals surface area contributed by atoms with E-state index in [1.807, 2.05) is 34.6 Å². The van der Waals surface area contributed by atoms with Gasteiger partial charge in [0.05, 0.1) is 25.4 Å². The third-order valence-corrected chi connectivity index (χ3v) is 11.6. The average molecular weight is 482 g/mol.